The number of carbonyl (C=O) groups is 1. The van der Waals surface area contributed by atoms with Gasteiger partial charge in [0.05, 0.1) is 12.6 Å². The smallest absolute Gasteiger partial charge is 0.254 e. The molecule has 1 unspecified atom stereocenters. The van der Waals surface area contributed by atoms with Crippen LogP contribution in [-0.4, -0.2) is 23.0 Å². The van der Waals surface area contributed by atoms with Crippen molar-refractivity contribution in [2.24, 2.45) is 0 Å². The molecule has 0 N–H and O–H groups in total. The number of rotatable bonds is 5. The van der Waals surface area contributed by atoms with Gasteiger partial charge in [-0.15, -0.1) is 0 Å². The fraction of sp³-hybridized carbons (Fsp3) is 0.562. The number of carbonyl (C=O) groups excluding carboxylic acids is 1. The zero-order valence-electron chi connectivity index (χ0n) is 12.3. The first kappa shape index (κ1) is 13.9. The minimum absolute atomic E-state index is 0.128. The third-order valence-corrected chi connectivity index (χ3v) is 3.55. The molecule has 0 bridgehead atoms. The second-order valence-corrected chi connectivity index (χ2v) is 5.52. The van der Waals surface area contributed by atoms with Crippen LogP contribution in [0.1, 0.15) is 56.5 Å². The van der Waals surface area contributed by atoms with E-state index in [2.05, 4.69) is 13.8 Å². The molecule has 0 aliphatic carbocycles. The van der Waals surface area contributed by atoms with Crippen molar-refractivity contribution >= 4 is 5.91 Å². The number of fused-ring (bicyclic) bond motifs is 1. The van der Waals surface area contributed by atoms with Gasteiger partial charge in [-0.1, -0.05) is 19.4 Å². The van der Waals surface area contributed by atoms with Crippen LogP contribution in [0, 0.1) is 0 Å². The van der Waals surface area contributed by atoms with E-state index in [4.69, 9.17) is 4.74 Å². The molecule has 1 heterocycles. The average molecular weight is 261 g/mol. The first-order valence-corrected chi connectivity index (χ1v) is 7.14. The molecule has 0 radical (unpaired) electrons. The Balaban J connectivity index is 2.26. The van der Waals surface area contributed by atoms with Crippen LogP contribution < -0.4 is 4.74 Å². The highest BCUT2D eigenvalue weighted by atomic mass is 16.5. The van der Waals surface area contributed by atoms with E-state index in [0.717, 1.165) is 29.7 Å². The van der Waals surface area contributed by atoms with Crippen molar-refractivity contribution in [1.82, 2.24) is 4.90 Å². The number of ether oxygens (including phenoxy) is 1. The molecule has 0 fully saturated rings. The minimum atomic E-state index is 0.128. The molecular formula is C16H23NO2. The van der Waals surface area contributed by atoms with E-state index in [-0.39, 0.29) is 18.1 Å². The summed E-state index contributed by atoms with van der Waals surface area (Å²) in [5.74, 6) is 0.997. The monoisotopic (exact) mass is 261 g/mol. The Labute approximate surface area is 115 Å². The van der Waals surface area contributed by atoms with Gasteiger partial charge in [-0.2, -0.15) is 0 Å². The van der Waals surface area contributed by atoms with Crippen LogP contribution in [0.4, 0.5) is 0 Å². The molecule has 1 aliphatic rings. The predicted octanol–water partition coefficient (Wildman–Crippen LogP) is 3.62. The zero-order valence-corrected chi connectivity index (χ0v) is 12.3. The summed E-state index contributed by atoms with van der Waals surface area (Å²) in [4.78, 5) is 14.4. The van der Waals surface area contributed by atoms with E-state index < -0.39 is 0 Å². The maximum absolute atomic E-state index is 12.4. The lowest BCUT2D eigenvalue weighted by atomic mass is 10.1. The number of nitrogens with zero attached hydrogens (tertiary/aromatic N) is 1. The molecule has 0 spiro atoms. The molecule has 1 atom stereocenters. The van der Waals surface area contributed by atoms with Crippen molar-refractivity contribution in [1.29, 1.82) is 0 Å². The van der Waals surface area contributed by atoms with Crippen LogP contribution >= 0.6 is 0 Å². The zero-order chi connectivity index (χ0) is 14.0. The van der Waals surface area contributed by atoms with E-state index >= 15 is 0 Å². The van der Waals surface area contributed by atoms with Crippen LogP contribution in [0.15, 0.2) is 18.2 Å². The quantitative estimate of drug-likeness (QED) is 0.810. The summed E-state index contributed by atoms with van der Waals surface area (Å²) < 4.78 is 5.81. The molecule has 1 aromatic carbocycles. The fourth-order valence-corrected chi connectivity index (χ4v) is 2.62. The summed E-state index contributed by atoms with van der Waals surface area (Å²) >= 11 is 0. The van der Waals surface area contributed by atoms with Crippen molar-refractivity contribution < 1.29 is 9.53 Å². The Hall–Kier alpha value is -1.51. The molecule has 0 saturated carbocycles. The highest BCUT2D eigenvalue weighted by Crippen LogP contribution is 2.33. The lowest BCUT2D eigenvalue weighted by Gasteiger charge is -2.23. The first-order chi connectivity index (χ1) is 9.04. The van der Waals surface area contributed by atoms with Gasteiger partial charge in [-0.3, -0.25) is 4.79 Å². The standard InChI is InChI=1S/C16H23NO2/c1-5-7-12(4)17-10-14-13(16(17)18)8-6-9-15(14)19-11(2)3/h6,8-9,11-12H,5,7,10H2,1-4H3. The summed E-state index contributed by atoms with van der Waals surface area (Å²) in [6.45, 7) is 8.97. The normalized spacial score (nSPS) is 15.8. The van der Waals surface area contributed by atoms with Gasteiger partial charge in [-0.05, 0) is 39.3 Å². The summed E-state index contributed by atoms with van der Waals surface area (Å²) in [7, 11) is 0. The van der Waals surface area contributed by atoms with E-state index in [1.165, 1.54) is 0 Å². The van der Waals surface area contributed by atoms with Gasteiger partial charge in [0.1, 0.15) is 5.75 Å². The Morgan fingerprint density at radius 2 is 2.05 bits per heavy atom. The van der Waals surface area contributed by atoms with Gasteiger partial charge in [0.25, 0.3) is 5.91 Å². The Kier molecular flexibility index (Phi) is 4.13. The van der Waals surface area contributed by atoms with Crippen LogP contribution in [0.5, 0.6) is 5.75 Å². The summed E-state index contributed by atoms with van der Waals surface area (Å²) in [6, 6.07) is 6.06. The molecule has 19 heavy (non-hydrogen) atoms. The van der Waals surface area contributed by atoms with Gasteiger partial charge in [0.15, 0.2) is 0 Å². The van der Waals surface area contributed by atoms with Crippen LogP contribution in [0.2, 0.25) is 0 Å². The molecule has 3 heteroatoms. The van der Waals surface area contributed by atoms with Crippen molar-refractivity contribution in [3.8, 4) is 5.75 Å². The van der Waals surface area contributed by atoms with Gasteiger partial charge >= 0.3 is 0 Å². The molecule has 0 saturated heterocycles. The highest BCUT2D eigenvalue weighted by Gasteiger charge is 2.32. The minimum Gasteiger partial charge on any atom is -0.491 e. The second-order valence-electron chi connectivity index (χ2n) is 5.52. The number of amides is 1. The third kappa shape index (κ3) is 2.75. The van der Waals surface area contributed by atoms with Crippen LogP contribution in [0.3, 0.4) is 0 Å². The van der Waals surface area contributed by atoms with Crippen molar-refractivity contribution in [2.45, 2.75) is 59.2 Å². The number of hydrogen-bond acceptors (Lipinski definition) is 2. The first-order valence-electron chi connectivity index (χ1n) is 7.14. The van der Waals surface area contributed by atoms with E-state index in [1.54, 1.807) is 0 Å². The SMILES string of the molecule is CCCC(C)N1Cc2c(OC(C)C)cccc2C1=O. The highest BCUT2D eigenvalue weighted by molar-refractivity contribution is 5.99. The van der Waals surface area contributed by atoms with Crippen molar-refractivity contribution in [2.75, 3.05) is 0 Å². The number of benzene rings is 1. The fourth-order valence-electron chi connectivity index (χ4n) is 2.62. The van der Waals surface area contributed by atoms with E-state index in [1.807, 2.05) is 36.9 Å². The molecule has 2 rings (SSSR count). The molecule has 3 nitrogen and oxygen atoms in total. The Morgan fingerprint density at radius 1 is 1.32 bits per heavy atom. The summed E-state index contributed by atoms with van der Waals surface area (Å²) in [5.41, 5.74) is 1.85. The van der Waals surface area contributed by atoms with Gasteiger partial charge in [0.2, 0.25) is 0 Å². The number of hydrogen-bond donors (Lipinski definition) is 0. The largest absolute Gasteiger partial charge is 0.491 e. The van der Waals surface area contributed by atoms with Gasteiger partial charge in [0, 0.05) is 17.2 Å². The predicted molar refractivity (Wildman–Crippen MR) is 76.4 cm³/mol. The molecule has 104 valence electrons. The Morgan fingerprint density at radius 3 is 2.68 bits per heavy atom. The van der Waals surface area contributed by atoms with Crippen molar-refractivity contribution in [3.63, 3.8) is 0 Å². The van der Waals surface area contributed by atoms with Crippen LogP contribution in [-0.2, 0) is 6.54 Å². The second kappa shape index (κ2) is 5.64. The maximum Gasteiger partial charge on any atom is 0.254 e. The van der Waals surface area contributed by atoms with Crippen LogP contribution in [0.25, 0.3) is 0 Å². The molecular weight excluding hydrogens is 238 g/mol. The molecule has 1 aliphatic heterocycles. The molecule has 1 aromatic rings. The topological polar surface area (TPSA) is 29.5 Å². The summed E-state index contributed by atoms with van der Waals surface area (Å²) in [5, 5.41) is 0. The van der Waals surface area contributed by atoms with Crippen molar-refractivity contribution in [3.05, 3.63) is 29.3 Å². The Bertz CT molecular complexity index is 468. The maximum atomic E-state index is 12.4. The lowest BCUT2D eigenvalue weighted by Crippen LogP contribution is -2.33. The average Bonchev–Trinajstić information content (AvgIpc) is 2.68. The lowest BCUT2D eigenvalue weighted by molar-refractivity contribution is 0.0708. The third-order valence-electron chi connectivity index (χ3n) is 3.55. The van der Waals surface area contributed by atoms with E-state index in [0.29, 0.717) is 6.54 Å². The summed E-state index contributed by atoms with van der Waals surface area (Å²) in [6.07, 6.45) is 2.26. The molecule has 0 aromatic heterocycles. The van der Waals surface area contributed by atoms with Gasteiger partial charge < -0.3 is 9.64 Å². The van der Waals surface area contributed by atoms with E-state index in [9.17, 15) is 4.79 Å². The van der Waals surface area contributed by atoms with Gasteiger partial charge in [-0.25, -0.2) is 0 Å². The molecule has 1 amide bonds.